The summed E-state index contributed by atoms with van der Waals surface area (Å²) < 4.78 is 20.5. The van der Waals surface area contributed by atoms with E-state index in [9.17, 15) is 9.18 Å². The zero-order valence-corrected chi connectivity index (χ0v) is 13.0. The van der Waals surface area contributed by atoms with E-state index in [2.05, 4.69) is 4.98 Å². The maximum absolute atomic E-state index is 13.5. The SMILES string of the molecule is CCOC(=O)c1cc2cc(F)ccc2n1Cc1cccnc1C. The second-order valence-corrected chi connectivity index (χ2v) is 5.29. The molecule has 0 unspecified atom stereocenters. The van der Waals surface area contributed by atoms with Crippen LogP contribution in [0, 0.1) is 12.7 Å². The van der Waals surface area contributed by atoms with Crippen LogP contribution in [0.25, 0.3) is 10.9 Å². The van der Waals surface area contributed by atoms with Gasteiger partial charge in [0.1, 0.15) is 11.5 Å². The molecule has 118 valence electrons. The van der Waals surface area contributed by atoms with Crippen molar-refractivity contribution in [3.8, 4) is 0 Å². The summed E-state index contributed by atoms with van der Waals surface area (Å²) in [6.45, 7) is 4.45. The molecule has 0 fully saturated rings. The Morgan fingerprint density at radius 2 is 2.13 bits per heavy atom. The number of nitrogens with zero attached hydrogens (tertiary/aromatic N) is 2. The summed E-state index contributed by atoms with van der Waals surface area (Å²) in [6.07, 6.45) is 1.73. The van der Waals surface area contributed by atoms with Crippen molar-refractivity contribution in [3.05, 3.63) is 65.4 Å². The van der Waals surface area contributed by atoms with Crippen LogP contribution in [0.5, 0.6) is 0 Å². The van der Waals surface area contributed by atoms with Crippen LogP contribution in [0.15, 0.2) is 42.6 Å². The number of hydrogen-bond acceptors (Lipinski definition) is 3. The summed E-state index contributed by atoms with van der Waals surface area (Å²) in [4.78, 5) is 16.5. The van der Waals surface area contributed by atoms with Crippen LogP contribution in [-0.2, 0) is 11.3 Å². The molecule has 0 amide bonds. The zero-order chi connectivity index (χ0) is 16.4. The van der Waals surface area contributed by atoms with E-state index in [-0.39, 0.29) is 5.82 Å². The van der Waals surface area contributed by atoms with Gasteiger partial charge < -0.3 is 9.30 Å². The number of aromatic nitrogens is 2. The van der Waals surface area contributed by atoms with E-state index in [1.165, 1.54) is 12.1 Å². The van der Waals surface area contributed by atoms with Gasteiger partial charge in [0, 0.05) is 22.8 Å². The number of aryl methyl sites for hydroxylation is 1. The number of halogens is 1. The summed E-state index contributed by atoms with van der Waals surface area (Å²) in [7, 11) is 0. The number of pyridine rings is 1. The first-order valence-electron chi connectivity index (χ1n) is 7.46. The molecule has 2 heterocycles. The van der Waals surface area contributed by atoms with Crippen LogP contribution >= 0.6 is 0 Å². The number of fused-ring (bicyclic) bond motifs is 1. The molecule has 0 bridgehead atoms. The fourth-order valence-corrected chi connectivity index (χ4v) is 2.64. The molecule has 23 heavy (non-hydrogen) atoms. The maximum Gasteiger partial charge on any atom is 0.354 e. The summed E-state index contributed by atoms with van der Waals surface area (Å²) >= 11 is 0. The van der Waals surface area contributed by atoms with Gasteiger partial charge in [0.2, 0.25) is 0 Å². The summed E-state index contributed by atoms with van der Waals surface area (Å²) in [5, 5.41) is 0.676. The fourth-order valence-electron chi connectivity index (χ4n) is 2.64. The minimum absolute atomic E-state index is 0.292. The van der Waals surface area contributed by atoms with Gasteiger partial charge >= 0.3 is 5.97 Å². The molecule has 0 atom stereocenters. The van der Waals surface area contributed by atoms with Crippen LogP contribution in [0.4, 0.5) is 4.39 Å². The maximum atomic E-state index is 13.5. The van der Waals surface area contributed by atoms with Crippen LogP contribution in [0.1, 0.15) is 28.7 Å². The Bertz CT molecular complexity index is 871. The Hall–Kier alpha value is -2.69. The standard InChI is InChI=1S/C18H17FN2O2/c1-3-23-18(22)17-10-14-9-15(19)6-7-16(14)21(17)11-13-5-4-8-20-12(13)2/h4-10H,3,11H2,1-2H3. The number of carbonyl (C=O) groups excluding carboxylic acids is 1. The number of hydrogen-bond donors (Lipinski definition) is 0. The third-order valence-electron chi connectivity index (χ3n) is 3.79. The lowest BCUT2D eigenvalue weighted by Crippen LogP contribution is -2.13. The van der Waals surface area contributed by atoms with E-state index >= 15 is 0 Å². The summed E-state index contributed by atoms with van der Waals surface area (Å²) in [5.74, 6) is -0.742. The van der Waals surface area contributed by atoms with Gasteiger partial charge in [0.25, 0.3) is 0 Å². The first-order chi connectivity index (χ1) is 11.1. The molecule has 0 aliphatic rings. The van der Waals surface area contributed by atoms with Crippen molar-refractivity contribution in [3.63, 3.8) is 0 Å². The highest BCUT2D eigenvalue weighted by molar-refractivity contribution is 5.95. The number of ether oxygens (including phenoxy) is 1. The zero-order valence-electron chi connectivity index (χ0n) is 13.0. The van der Waals surface area contributed by atoms with E-state index in [0.29, 0.717) is 24.2 Å². The average Bonchev–Trinajstić information content (AvgIpc) is 2.87. The average molecular weight is 312 g/mol. The van der Waals surface area contributed by atoms with E-state index in [0.717, 1.165) is 16.8 Å². The minimum atomic E-state index is -0.411. The lowest BCUT2D eigenvalue weighted by Gasteiger charge is -2.11. The normalized spacial score (nSPS) is 10.9. The van der Waals surface area contributed by atoms with Gasteiger partial charge in [-0.25, -0.2) is 9.18 Å². The van der Waals surface area contributed by atoms with Gasteiger partial charge in [-0.3, -0.25) is 4.98 Å². The van der Waals surface area contributed by atoms with E-state index in [1.54, 1.807) is 25.3 Å². The van der Waals surface area contributed by atoms with E-state index in [4.69, 9.17) is 4.74 Å². The molecule has 0 radical (unpaired) electrons. The molecule has 5 heteroatoms. The lowest BCUT2D eigenvalue weighted by atomic mass is 10.2. The van der Waals surface area contributed by atoms with Crippen molar-refractivity contribution < 1.29 is 13.9 Å². The first kappa shape index (κ1) is 15.2. The molecule has 4 nitrogen and oxygen atoms in total. The predicted molar refractivity (Wildman–Crippen MR) is 85.9 cm³/mol. The van der Waals surface area contributed by atoms with Crippen molar-refractivity contribution in [2.45, 2.75) is 20.4 Å². The largest absolute Gasteiger partial charge is 0.461 e. The van der Waals surface area contributed by atoms with Gasteiger partial charge in [0.05, 0.1) is 13.2 Å². The molecule has 1 aromatic carbocycles. The lowest BCUT2D eigenvalue weighted by molar-refractivity contribution is 0.0515. The Morgan fingerprint density at radius 3 is 2.87 bits per heavy atom. The van der Waals surface area contributed by atoms with Crippen LogP contribution in [-0.4, -0.2) is 22.1 Å². The van der Waals surface area contributed by atoms with Gasteiger partial charge in [-0.1, -0.05) is 6.07 Å². The molecule has 2 aromatic heterocycles. The molecular formula is C18H17FN2O2. The van der Waals surface area contributed by atoms with E-state index in [1.807, 2.05) is 23.6 Å². The van der Waals surface area contributed by atoms with Crippen molar-refractivity contribution in [2.75, 3.05) is 6.61 Å². The molecule has 0 aliphatic carbocycles. The van der Waals surface area contributed by atoms with Gasteiger partial charge in [-0.05, 0) is 49.7 Å². The van der Waals surface area contributed by atoms with Crippen molar-refractivity contribution in [1.29, 1.82) is 0 Å². The Labute approximate surface area is 133 Å². The fraction of sp³-hybridized carbons (Fsp3) is 0.222. The van der Waals surface area contributed by atoms with Crippen molar-refractivity contribution in [2.24, 2.45) is 0 Å². The molecule has 3 aromatic rings. The van der Waals surface area contributed by atoms with Gasteiger partial charge in [-0.2, -0.15) is 0 Å². The molecule has 3 rings (SSSR count). The van der Waals surface area contributed by atoms with Crippen molar-refractivity contribution in [1.82, 2.24) is 9.55 Å². The number of rotatable bonds is 4. The Morgan fingerprint density at radius 1 is 1.30 bits per heavy atom. The summed E-state index contributed by atoms with van der Waals surface area (Å²) in [6, 6.07) is 9.99. The van der Waals surface area contributed by atoms with Gasteiger partial charge in [-0.15, -0.1) is 0 Å². The van der Waals surface area contributed by atoms with Crippen molar-refractivity contribution >= 4 is 16.9 Å². The van der Waals surface area contributed by atoms with E-state index < -0.39 is 5.97 Å². The molecule has 0 N–H and O–H groups in total. The highest BCUT2D eigenvalue weighted by atomic mass is 19.1. The minimum Gasteiger partial charge on any atom is -0.461 e. The topological polar surface area (TPSA) is 44.1 Å². The highest BCUT2D eigenvalue weighted by Gasteiger charge is 2.17. The third kappa shape index (κ3) is 2.95. The molecule has 0 saturated carbocycles. The van der Waals surface area contributed by atoms with Gasteiger partial charge in [0.15, 0.2) is 0 Å². The Kier molecular flexibility index (Phi) is 4.10. The molecule has 0 spiro atoms. The van der Waals surface area contributed by atoms with Crippen LogP contribution in [0.2, 0.25) is 0 Å². The predicted octanol–water partition coefficient (Wildman–Crippen LogP) is 3.71. The van der Waals surface area contributed by atoms with Crippen LogP contribution < -0.4 is 0 Å². The smallest absolute Gasteiger partial charge is 0.354 e. The number of esters is 1. The summed E-state index contributed by atoms with van der Waals surface area (Å²) in [5.41, 5.74) is 3.10. The monoisotopic (exact) mass is 312 g/mol. The Balaban J connectivity index is 2.14. The molecular weight excluding hydrogens is 295 g/mol. The first-order valence-corrected chi connectivity index (χ1v) is 7.46. The number of benzene rings is 1. The van der Waals surface area contributed by atoms with Crippen LogP contribution in [0.3, 0.4) is 0 Å². The second-order valence-electron chi connectivity index (χ2n) is 5.29. The molecule has 0 saturated heterocycles. The second kappa shape index (κ2) is 6.20. The third-order valence-corrected chi connectivity index (χ3v) is 3.79. The number of carbonyl (C=O) groups is 1. The highest BCUT2D eigenvalue weighted by Crippen LogP contribution is 2.23. The quantitative estimate of drug-likeness (QED) is 0.690. The molecule has 0 aliphatic heterocycles.